The monoisotopic (exact) mass is 303 g/mol. The normalized spacial score (nSPS) is 9.90. The number of aliphatic carboxylic acids is 1. The van der Waals surface area contributed by atoms with Crippen molar-refractivity contribution in [3.63, 3.8) is 0 Å². The van der Waals surface area contributed by atoms with Crippen molar-refractivity contribution in [2.75, 3.05) is 5.32 Å². The lowest BCUT2D eigenvalue weighted by Crippen LogP contribution is -2.30. The Kier molecular flexibility index (Phi) is 7.07. The molecule has 0 heterocycles. The second-order valence-electron chi connectivity index (χ2n) is 3.28. The number of hydrazine groups is 1. The van der Waals surface area contributed by atoms with E-state index in [0.29, 0.717) is 5.69 Å². The third-order valence-electron chi connectivity index (χ3n) is 1.74. The van der Waals surface area contributed by atoms with E-state index in [0.717, 1.165) is 0 Å². The summed E-state index contributed by atoms with van der Waals surface area (Å²) in [5, 5.41) is 9.87. The number of aldehydes is 1. The number of hydrogen-bond donors (Lipinski definition) is 4. The number of hydrogen-bond acceptors (Lipinski definition) is 6. The number of nitrogens with one attached hydrogen (secondary N) is 2. The summed E-state index contributed by atoms with van der Waals surface area (Å²) in [5.74, 6) is 3.20. The van der Waals surface area contributed by atoms with Crippen LogP contribution in [0.5, 0.6) is 0 Å². The number of carbonyl (C=O) groups is 3. The molecule has 1 aromatic rings. The first-order valence-electron chi connectivity index (χ1n) is 5.01. The zero-order valence-corrected chi connectivity index (χ0v) is 11.2. The Balaban J connectivity index is 0.000000621. The number of sulfonamides is 1. The number of nitrogens with two attached hydrogens (primary N) is 1. The number of rotatable bonds is 4. The fourth-order valence-corrected chi connectivity index (χ4v) is 1.62. The Bertz CT molecular complexity index is 582. The van der Waals surface area contributed by atoms with E-state index in [1.807, 2.05) is 0 Å². The zero-order chi connectivity index (χ0) is 15.8. The summed E-state index contributed by atoms with van der Waals surface area (Å²) in [7, 11) is -3.63. The highest BCUT2D eigenvalue weighted by atomic mass is 32.2. The van der Waals surface area contributed by atoms with Crippen molar-refractivity contribution in [1.29, 1.82) is 0 Å². The summed E-state index contributed by atoms with van der Waals surface area (Å²) < 4.78 is 22.4. The minimum atomic E-state index is -3.63. The second-order valence-corrected chi connectivity index (χ2v) is 5.00. The van der Waals surface area contributed by atoms with E-state index in [1.54, 1.807) is 4.83 Å². The predicted octanol–water partition coefficient (Wildman–Crippen LogP) is -0.933. The Hall–Kier alpha value is -2.30. The number of anilines is 1. The minimum absolute atomic E-state index is 0.0408. The Labute approximate surface area is 114 Å². The van der Waals surface area contributed by atoms with Crippen LogP contribution in [0.15, 0.2) is 29.2 Å². The van der Waals surface area contributed by atoms with E-state index in [4.69, 9.17) is 20.5 Å². The van der Waals surface area contributed by atoms with Gasteiger partial charge in [-0.3, -0.25) is 15.4 Å². The van der Waals surface area contributed by atoms with Crippen molar-refractivity contribution < 1.29 is 27.9 Å². The van der Waals surface area contributed by atoms with Gasteiger partial charge in [0.15, 0.2) is 0 Å². The second kappa shape index (κ2) is 7.99. The first-order chi connectivity index (χ1) is 9.22. The van der Waals surface area contributed by atoms with Gasteiger partial charge in [-0.1, -0.05) is 0 Å². The van der Waals surface area contributed by atoms with Gasteiger partial charge < -0.3 is 10.4 Å². The fourth-order valence-electron chi connectivity index (χ4n) is 0.989. The molecule has 110 valence electrons. The Morgan fingerprint density at radius 3 is 2.00 bits per heavy atom. The van der Waals surface area contributed by atoms with E-state index in [1.165, 1.54) is 31.2 Å². The number of carboxylic acid groups (broad SMARTS) is 1. The van der Waals surface area contributed by atoms with E-state index in [9.17, 15) is 13.2 Å². The lowest BCUT2D eigenvalue weighted by molar-refractivity contribution is -0.143. The van der Waals surface area contributed by atoms with Gasteiger partial charge in [0, 0.05) is 12.6 Å². The molecule has 1 rings (SSSR count). The molecule has 0 aliphatic heterocycles. The van der Waals surface area contributed by atoms with E-state index >= 15 is 0 Å². The topological polar surface area (TPSA) is 156 Å². The van der Waals surface area contributed by atoms with Crippen LogP contribution >= 0.6 is 0 Å². The molecule has 0 unspecified atom stereocenters. The van der Waals surface area contributed by atoms with Crippen LogP contribution in [0.4, 0.5) is 5.69 Å². The average Bonchev–Trinajstić information content (AvgIpc) is 2.39. The summed E-state index contributed by atoms with van der Waals surface area (Å²) in [6, 6.07) is 5.65. The van der Waals surface area contributed by atoms with E-state index in [-0.39, 0.29) is 17.1 Å². The average molecular weight is 303 g/mol. The van der Waals surface area contributed by atoms with Gasteiger partial charge in [0.1, 0.15) is 0 Å². The highest BCUT2D eigenvalue weighted by Gasteiger charge is 2.10. The van der Waals surface area contributed by atoms with Crippen molar-refractivity contribution in [1.82, 2.24) is 4.83 Å². The lowest BCUT2D eigenvalue weighted by atomic mass is 10.3. The molecule has 20 heavy (non-hydrogen) atoms. The van der Waals surface area contributed by atoms with E-state index < -0.39 is 16.0 Å². The van der Waals surface area contributed by atoms with Gasteiger partial charge in [0.05, 0.1) is 4.90 Å². The number of amides is 1. The van der Waals surface area contributed by atoms with Gasteiger partial charge in [-0.25, -0.2) is 13.2 Å². The van der Waals surface area contributed by atoms with Crippen LogP contribution in [-0.2, 0) is 24.4 Å². The summed E-state index contributed by atoms with van der Waals surface area (Å²) in [6.07, 6.45) is -0.167. The molecule has 10 heteroatoms. The maximum Gasteiger partial charge on any atom is 0.368 e. The molecule has 9 nitrogen and oxygen atoms in total. The van der Waals surface area contributed by atoms with Crippen molar-refractivity contribution >= 4 is 33.9 Å². The van der Waals surface area contributed by atoms with Gasteiger partial charge in [-0.05, 0) is 24.3 Å². The first-order valence-corrected chi connectivity index (χ1v) is 6.49. The summed E-state index contributed by atoms with van der Waals surface area (Å²) in [4.78, 5) is 30.3. The van der Waals surface area contributed by atoms with E-state index in [2.05, 4.69) is 5.32 Å². The molecule has 1 amide bonds. The van der Waals surface area contributed by atoms with Crippen molar-refractivity contribution in [3.8, 4) is 0 Å². The lowest BCUT2D eigenvalue weighted by Gasteiger charge is -2.04. The molecule has 0 spiro atoms. The molecule has 0 atom stereocenters. The number of carbonyl (C=O) groups excluding carboxylic acids is 2. The zero-order valence-electron chi connectivity index (χ0n) is 10.4. The molecule has 0 aliphatic rings. The first kappa shape index (κ1) is 17.7. The highest BCUT2D eigenvalue weighted by Crippen LogP contribution is 2.13. The Morgan fingerprint density at radius 1 is 1.25 bits per heavy atom. The van der Waals surface area contributed by atoms with Crippen LogP contribution in [0.25, 0.3) is 0 Å². The molecular formula is C10H13N3O6S. The quantitative estimate of drug-likeness (QED) is 0.242. The molecule has 0 aromatic heterocycles. The highest BCUT2D eigenvalue weighted by molar-refractivity contribution is 7.89. The maximum absolute atomic E-state index is 11.2. The van der Waals surface area contributed by atoms with Crippen LogP contribution in [0, 0.1) is 0 Å². The van der Waals surface area contributed by atoms with Gasteiger partial charge in [-0.2, -0.15) is 4.83 Å². The molecular weight excluding hydrogens is 290 g/mol. The largest absolute Gasteiger partial charge is 0.476 e. The standard InChI is InChI=1S/C8H11N3O3S.C2H2O3/c1-6(12)10-7-2-4-8(5-3-7)15(13,14)11-9;3-1-2(4)5/h2-5,11H,9H2,1H3,(H,10,12);1H,(H,4,5). The third kappa shape index (κ3) is 6.58. The Morgan fingerprint density at radius 2 is 1.70 bits per heavy atom. The number of carboxylic acids is 1. The van der Waals surface area contributed by atoms with Crippen molar-refractivity contribution in [3.05, 3.63) is 24.3 Å². The third-order valence-corrected chi connectivity index (χ3v) is 2.94. The summed E-state index contributed by atoms with van der Waals surface area (Å²) in [6.45, 7) is 1.37. The molecule has 0 saturated carbocycles. The SMILES string of the molecule is CC(=O)Nc1ccc(S(=O)(=O)NN)cc1.O=CC(=O)O. The fraction of sp³-hybridized carbons (Fsp3) is 0.100. The molecule has 0 bridgehead atoms. The van der Waals surface area contributed by atoms with Gasteiger partial charge in [0.2, 0.25) is 12.2 Å². The predicted molar refractivity (Wildman–Crippen MR) is 69.0 cm³/mol. The molecule has 0 aliphatic carbocycles. The summed E-state index contributed by atoms with van der Waals surface area (Å²) in [5.41, 5.74) is 0.526. The molecule has 0 radical (unpaired) electrons. The van der Waals surface area contributed by atoms with Gasteiger partial charge in [0.25, 0.3) is 10.0 Å². The number of benzene rings is 1. The van der Waals surface area contributed by atoms with Crippen molar-refractivity contribution in [2.45, 2.75) is 11.8 Å². The van der Waals surface area contributed by atoms with Crippen LogP contribution in [0.2, 0.25) is 0 Å². The maximum atomic E-state index is 11.2. The smallest absolute Gasteiger partial charge is 0.368 e. The van der Waals surface area contributed by atoms with Gasteiger partial charge in [-0.15, -0.1) is 0 Å². The summed E-state index contributed by atoms with van der Waals surface area (Å²) >= 11 is 0. The molecule has 0 saturated heterocycles. The minimum Gasteiger partial charge on any atom is -0.476 e. The molecule has 1 aromatic carbocycles. The van der Waals surface area contributed by atoms with Crippen LogP contribution in [0.1, 0.15) is 6.92 Å². The van der Waals surface area contributed by atoms with Gasteiger partial charge >= 0.3 is 5.97 Å². The molecule has 5 N–H and O–H groups in total. The van der Waals surface area contributed by atoms with Crippen molar-refractivity contribution in [2.24, 2.45) is 5.84 Å². The molecule has 0 fully saturated rings. The van der Waals surface area contributed by atoms with Crippen LogP contribution in [0.3, 0.4) is 0 Å². The van der Waals surface area contributed by atoms with Crippen LogP contribution < -0.4 is 16.0 Å². The van der Waals surface area contributed by atoms with Crippen LogP contribution in [-0.4, -0.2) is 31.7 Å².